The lowest BCUT2D eigenvalue weighted by molar-refractivity contribution is 0.415. The normalized spacial score (nSPS) is 11.3. The molecule has 4 rings (SSSR count). The Morgan fingerprint density at radius 1 is 0.897 bits per heavy atom. The molecule has 0 fully saturated rings. The Bertz CT molecular complexity index is 1340. The van der Waals surface area contributed by atoms with Crippen LogP contribution in [-0.2, 0) is 10.0 Å². The van der Waals surface area contributed by atoms with Crippen molar-refractivity contribution in [1.82, 2.24) is 0 Å². The Labute approximate surface area is 167 Å². The first-order valence-electron chi connectivity index (χ1n) is 8.77. The molecule has 0 atom stereocenters. The van der Waals surface area contributed by atoms with Crippen molar-refractivity contribution < 1.29 is 17.6 Å². The molecule has 1 N–H and O–H groups in total. The third kappa shape index (κ3) is 3.72. The van der Waals surface area contributed by atoms with E-state index in [1.54, 1.807) is 49.6 Å². The number of methoxy groups -OCH3 is 1. The monoisotopic (exact) mass is 407 g/mol. The van der Waals surface area contributed by atoms with Gasteiger partial charge in [0.25, 0.3) is 10.0 Å². The fourth-order valence-electron chi connectivity index (χ4n) is 3.01. The Morgan fingerprint density at radius 2 is 1.62 bits per heavy atom. The number of hydrogen-bond acceptors (Lipinski definition) is 5. The van der Waals surface area contributed by atoms with Crippen molar-refractivity contribution in [1.29, 1.82) is 0 Å². The smallest absolute Gasteiger partial charge is 0.261 e. The second-order valence-electron chi connectivity index (χ2n) is 6.30. The molecule has 0 saturated carbocycles. The van der Waals surface area contributed by atoms with E-state index in [1.807, 2.05) is 12.1 Å². The maximum atomic E-state index is 12.7. The van der Waals surface area contributed by atoms with Crippen LogP contribution in [0.15, 0.2) is 93.0 Å². The highest BCUT2D eigenvalue weighted by molar-refractivity contribution is 7.92. The van der Waals surface area contributed by atoms with E-state index in [0.29, 0.717) is 22.7 Å². The lowest BCUT2D eigenvalue weighted by Gasteiger charge is -2.10. The third-order valence-electron chi connectivity index (χ3n) is 4.41. The molecule has 0 unspecified atom stereocenters. The molecular formula is C22H17NO5S. The summed E-state index contributed by atoms with van der Waals surface area (Å²) in [7, 11) is -2.21. The van der Waals surface area contributed by atoms with Crippen LogP contribution in [0.2, 0.25) is 0 Å². The van der Waals surface area contributed by atoms with Crippen molar-refractivity contribution >= 4 is 26.7 Å². The van der Waals surface area contributed by atoms with Gasteiger partial charge in [-0.05, 0) is 42.5 Å². The number of fused-ring (bicyclic) bond motifs is 1. The lowest BCUT2D eigenvalue weighted by atomic mass is 10.1. The molecule has 1 aromatic heterocycles. The van der Waals surface area contributed by atoms with Gasteiger partial charge in [-0.1, -0.05) is 30.3 Å². The number of anilines is 1. The average Bonchev–Trinajstić information content (AvgIpc) is 2.74. The first-order chi connectivity index (χ1) is 14.0. The number of benzene rings is 3. The number of nitrogens with one attached hydrogen (secondary N) is 1. The van der Waals surface area contributed by atoms with Crippen LogP contribution in [0.1, 0.15) is 0 Å². The molecule has 0 bridgehead atoms. The molecule has 146 valence electrons. The maximum Gasteiger partial charge on any atom is 0.261 e. The van der Waals surface area contributed by atoms with Gasteiger partial charge in [-0.15, -0.1) is 0 Å². The molecule has 6 nitrogen and oxygen atoms in total. The first-order valence-corrected chi connectivity index (χ1v) is 10.3. The fraction of sp³-hybridized carbons (Fsp3) is 0.0455. The van der Waals surface area contributed by atoms with Crippen molar-refractivity contribution in [2.24, 2.45) is 0 Å². The summed E-state index contributed by atoms with van der Waals surface area (Å²) < 4.78 is 38.7. The van der Waals surface area contributed by atoms with Crippen LogP contribution >= 0.6 is 0 Å². The SMILES string of the molecule is COc1ccccc1-c1cc(=O)c2cc(NS(=O)(=O)c3ccccc3)ccc2o1. The van der Waals surface area contributed by atoms with E-state index in [4.69, 9.17) is 9.15 Å². The Balaban J connectivity index is 1.75. The first kappa shape index (κ1) is 18.8. The second-order valence-corrected chi connectivity index (χ2v) is 7.99. The standard InChI is InChI=1S/C22H17NO5S/c1-27-20-10-6-5-9-17(20)22-14-19(24)18-13-15(11-12-21(18)28-22)23-29(25,26)16-7-3-2-4-8-16/h2-14,23H,1H3. The molecule has 0 aliphatic rings. The van der Waals surface area contributed by atoms with Gasteiger partial charge >= 0.3 is 0 Å². The van der Waals surface area contributed by atoms with Crippen LogP contribution in [0.5, 0.6) is 5.75 Å². The predicted octanol–water partition coefficient (Wildman–Crippen LogP) is 4.27. The molecule has 0 spiro atoms. The van der Waals surface area contributed by atoms with Crippen LogP contribution in [0.3, 0.4) is 0 Å². The molecule has 29 heavy (non-hydrogen) atoms. The quantitative estimate of drug-likeness (QED) is 0.534. The summed E-state index contributed by atoms with van der Waals surface area (Å²) in [6.07, 6.45) is 0. The summed E-state index contributed by atoms with van der Waals surface area (Å²) >= 11 is 0. The molecule has 0 saturated heterocycles. The molecular weight excluding hydrogens is 390 g/mol. The van der Waals surface area contributed by atoms with Gasteiger partial charge in [0.1, 0.15) is 17.1 Å². The van der Waals surface area contributed by atoms with Crippen molar-refractivity contribution in [2.75, 3.05) is 11.8 Å². The van der Waals surface area contributed by atoms with Gasteiger partial charge < -0.3 is 9.15 Å². The van der Waals surface area contributed by atoms with Crippen LogP contribution in [0, 0.1) is 0 Å². The summed E-state index contributed by atoms with van der Waals surface area (Å²) in [5.41, 5.74) is 0.996. The molecule has 1 heterocycles. The van der Waals surface area contributed by atoms with Gasteiger partial charge in [0, 0.05) is 11.8 Å². The van der Waals surface area contributed by atoms with Crippen LogP contribution in [0.25, 0.3) is 22.3 Å². The van der Waals surface area contributed by atoms with Crippen molar-refractivity contribution in [2.45, 2.75) is 4.90 Å². The minimum absolute atomic E-state index is 0.138. The number of rotatable bonds is 5. The summed E-state index contributed by atoms with van der Waals surface area (Å²) in [5, 5.41) is 0.275. The zero-order valence-electron chi connectivity index (χ0n) is 15.5. The highest BCUT2D eigenvalue weighted by Gasteiger charge is 2.15. The van der Waals surface area contributed by atoms with E-state index < -0.39 is 10.0 Å². The summed E-state index contributed by atoms with van der Waals surface area (Å²) in [4.78, 5) is 12.8. The molecule has 0 aliphatic carbocycles. The number of hydrogen-bond donors (Lipinski definition) is 1. The summed E-state index contributed by atoms with van der Waals surface area (Å²) in [5.74, 6) is 0.958. The predicted molar refractivity (Wildman–Crippen MR) is 112 cm³/mol. The minimum atomic E-state index is -3.75. The topological polar surface area (TPSA) is 85.6 Å². The van der Waals surface area contributed by atoms with E-state index in [0.717, 1.165) is 0 Å². The molecule has 7 heteroatoms. The molecule has 0 aliphatic heterocycles. The zero-order chi connectivity index (χ0) is 20.4. The number of sulfonamides is 1. The third-order valence-corrected chi connectivity index (χ3v) is 5.80. The second kappa shape index (κ2) is 7.44. The van der Waals surface area contributed by atoms with E-state index in [-0.39, 0.29) is 21.4 Å². The average molecular weight is 407 g/mol. The van der Waals surface area contributed by atoms with Gasteiger partial charge in [-0.25, -0.2) is 8.42 Å². The van der Waals surface area contributed by atoms with Crippen molar-refractivity contribution in [3.63, 3.8) is 0 Å². The molecule has 0 amide bonds. The van der Waals surface area contributed by atoms with Crippen LogP contribution in [-0.4, -0.2) is 15.5 Å². The van der Waals surface area contributed by atoms with Crippen molar-refractivity contribution in [3.8, 4) is 17.1 Å². The summed E-state index contributed by atoms with van der Waals surface area (Å²) in [6, 6.07) is 21.2. The van der Waals surface area contributed by atoms with E-state index in [2.05, 4.69) is 4.72 Å². The Morgan fingerprint density at radius 3 is 2.38 bits per heavy atom. The van der Waals surface area contributed by atoms with E-state index >= 15 is 0 Å². The van der Waals surface area contributed by atoms with Gasteiger partial charge in [0.15, 0.2) is 5.43 Å². The Kier molecular flexibility index (Phi) is 4.82. The van der Waals surface area contributed by atoms with Gasteiger partial charge in [0.2, 0.25) is 0 Å². The molecule has 4 aromatic rings. The molecule has 0 radical (unpaired) electrons. The van der Waals surface area contributed by atoms with Gasteiger partial charge in [0.05, 0.1) is 23.0 Å². The van der Waals surface area contributed by atoms with E-state index in [1.165, 1.54) is 24.3 Å². The van der Waals surface area contributed by atoms with Gasteiger partial charge in [-0.2, -0.15) is 0 Å². The lowest BCUT2D eigenvalue weighted by Crippen LogP contribution is -2.13. The zero-order valence-corrected chi connectivity index (χ0v) is 16.3. The van der Waals surface area contributed by atoms with Gasteiger partial charge in [-0.3, -0.25) is 9.52 Å². The minimum Gasteiger partial charge on any atom is -0.496 e. The Hall–Kier alpha value is -3.58. The summed E-state index contributed by atoms with van der Waals surface area (Å²) in [6.45, 7) is 0. The molecule has 3 aromatic carbocycles. The largest absolute Gasteiger partial charge is 0.496 e. The number of para-hydroxylation sites is 1. The highest BCUT2D eigenvalue weighted by atomic mass is 32.2. The van der Waals surface area contributed by atoms with Crippen LogP contribution < -0.4 is 14.9 Å². The van der Waals surface area contributed by atoms with Crippen molar-refractivity contribution in [3.05, 3.63) is 89.1 Å². The maximum absolute atomic E-state index is 12.7. The fourth-order valence-corrected chi connectivity index (χ4v) is 4.08. The van der Waals surface area contributed by atoms with E-state index in [9.17, 15) is 13.2 Å². The highest BCUT2D eigenvalue weighted by Crippen LogP contribution is 2.31. The van der Waals surface area contributed by atoms with Crippen LogP contribution in [0.4, 0.5) is 5.69 Å². The number of ether oxygens (including phenoxy) is 1.